The Labute approximate surface area is 163 Å². The number of aliphatic hydroxyl groups excluding tert-OH is 2. The number of nitrogens with zero attached hydrogens (tertiary/aromatic N) is 1. The van der Waals surface area contributed by atoms with Gasteiger partial charge in [0.05, 0.1) is 18.8 Å². The van der Waals surface area contributed by atoms with Crippen LogP contribution in [0.3, 0.4) is 0 Å². The SMILES string of the molecule is CN(C)C(=O)CNCC=C1C[C@H]2C[C@@H](O)[C@H](C=C[C@@H](O)C3CCCC3)[C@H]2C1. The summed E-state index contributed by atoms with van der Waals surface area (Å²) in [4.78, 5) is 13.2. The van der Waals surface area contributed by atoms with E-state index in [0.29, 0.717) is 24.3 Å². The highest BCUT2D eigenvalue weighted by molar-refractivity contribution is 5.77. The van der Waals surface area contributed by atoms with E-state index in [1.807, 2.05) is 6.08 Å². The number of hydrogen-bond donors (Lipinski definition) is 3. The molecule has 3 aliphatic carbocycles. The molecule has 5 atom stereocenters. The van der Waals surface area contributed by atoms with Crippen LogP contribution in [0.15, 0.2) is 23.8 Å². The molecule has 3 N–H and O–H groups in total. The highest BCUT2D eigenvalue weighted by Crippen LogP contribution is 2.50. The van der Waals surface area contributed by atoms with E-state index in [2.05, 4.69) is 17.5 Å². The summed E-state index contributed by atoms with van der Waals surface area (Å²) in [6.07, 6.45) is 13.3. The highest BCUT2D eigenvalue weighted by atomic mass is 16.3. The lowest BCUT2D eigenvalue weighted by molar-refractivity contribution is -0.127. The largest absolute Gasteiger partial charge is 0.392 e. The number of likely N-dealkylation sites (N-methyl/N-ethyl adjacent to an activating group) is 1. The molecule has 0 aromatic carbocycles. The molecule has 0 heterocycles. The number of aliphatic hydroxyl groups is 2. The molecule has 3 fully saturated rings. The monoisotopic (exact) mass is 376 g/mol. The number of fused-ring (bicyclic) bond motifs is 1. The average Bonchev–Trinajstić information content (AvgIpc) is 3.33. The van der Waals surface area contributed by atoms with Gasteiger partial charge in [-0.05, 0) is 49.9 Å². The third-order valence-corrected chi connectivity index (χ3v) is 6.83. The third-order valence-electron chi connectivity index (χ3n) is 6.83. The summed E-state index contributed by atoms with van der Waals surface area (Å²) in [5.74, 6) is 1.70. The Bertz CT molecular complexity index is 566. The molecule has 0 radical (unpaired) electrons. The molecule has 27 heavy (non-hydrogen) atoms. The first-order chi connectivity index (χ1) is 13.0. The average molecular weight is 377 g/mol. The Morgan fingerprint density at radius 2 is 2.04 bits per heavy atom. The lowest BCUT2D eigenvalue weighted by atomic mass is 9.89. The number of carbonyl (C=O) groups excluding carboxylic acids is 1. The fraction of sp³-hybridized carbons (Fsp3) is 0.773. The molecular weight excluding hydrogens is 340 g/mol. The zero-order chi connectivity index (χ0) is 19.4. The van der Waals surface area contributed by atoms with Gasteiger partial charge in [-0.25, -0.2) is 0 Å². The number of hydrogen-bond acceptors (Lipinski definition) is 4. The lowest BCUT2D eigenvalue weighted by Gasteiger charge is -2.19. The van der Waals surface area contributed by atoms with Crippen molar-refractivity contribution in [2.75, 3.05) is 27.2 Å². The molecule has 0 saturated heterocycles. The predicted molar refractivity (Wildman–Crippen MR) is 107 cm³/mol. The van der Waals surface area contributed by atoms with Gasteiger partial charge in [-0.2, -0.15) is 0 Å². The van der Waals surface area contributed by atoms with Crippen LogP contribution >= 0.6 is 0 Å². The van der Waals surface area contributed by atoms with Crippen molar-refractivity contribution in [1.29, 1.82) is 0 Å². The van der Waals surface area contributed by atoms with Crippen LogP contribution in [0, 0.1) is 23.7 Å². The maximum Gasteiger partial charge on any atom is 0.236 e. The summed E-state index contributed by atoms with van der Waals surface area (Å²) >= 11 is 0. The van der Waals surface area contributed by atoms with E-state index in [9.17, 15) is 15.0 Å². The zero-order valence-electron chi connectivity index (χ0n) is 16.8. The maximum atomic E-state index is 11.6. The van der Waals surface area contributed by atoms with Crippen LogP contribution in [-0.4, -0.2) is 60.4 Å². The van der Waals surface area contributed by atoms with E-state index in [-0.39, 0.29) is 24.0 Å². The standard InChI is InChI=1S/C22H36N2O3/c1-24(2)22(27)14-23-10-9-15-11-17-13-21(26)18(19(17)12-15)7-8-20(25)16-5-3-4-6-16/h7-9,16-21,23,25-26H,3-6,10-14H2,1-2H3/t17-,18+,19-,20+,21+/m0/s1. The minimum Gasteiger partial charge on any atom is -0.392 e. The Morgan fingerprint density at radius 3 is 2.74 bits per heavy atom. The van der Waals surface area contributed by atoms with Crippen molar-refractivity contribution >= 4 is 5.91 Å². The van der Waals surface area contributed by atoms with Gasteiger partial charge in [0.25, 0.3) is 0 Å². The Hall–Kier alpha value is -1.17. The molecule has 0 bridgehead atoms. The van der Waals surface area contributed by atoms with Crippen molar-refractivity contribution in [2.45, 2.75) is 57.2 Å². The van der Waals surface area contributed by atoms with Crippen LogP contribution in [0.2, 0.25) is 0 Å². The molecule has 5 nitrogen and oxygen atoms in total. The molecule has 0 unspecified atom stereocenters. The second kappa shape index (κ2) is 9.35. The first kappa shape index (κ1) is 20.6. The van der Waals surface area contributed by atoms with Crippen LogP contribution in [0.25, 0.3) is 0 Å². The molecule has 0 aliphatic heterocycles. The Morgan fingerprint density at radius 1 is 1.30 bits per heavy atom. The summed E-state index contributed by atoms with van der Waals surface area (Å²) in [5.41, 5.74) is 1.44. The van der Waals surface area contributed by atoms with Crippen LogP contribution in [0.4, 0.5) is 0 Å². The van der Waals surface area contributed by atoms with Gasteiger partial charge < -0.3 is 20.4 Å². The molecular formula is C22H36N2O3. The van der Waals surface area contributed by atoms with E-state index in [4.69, 9.17) is 0 Å². The Kier molecular flexibility index (Phi) is 7.12. The topological polar surface area (TPSA) is 72.8 Å². The fourth-order valence-corrected chi connectivity index (χ4v) is 5.19. The van der Waals surface area contributed by atoms with Crippen molar-refractivity contribution in [1.82, 2.24) is 10.2 Å². The Balaban J connectivity index is 1.49. The van der Waals surface area contributed by atoms with Gasteiger partial charge in [0.1, 0.15) is 0 Å². The number of nitrogens with one attached hydrogen (secondary N) is 1. The molecule has 0 aromatic heterocycles. The van der Waals surface area contributed by atoms with Gasteiger partial charge in [-0.1, -0.05) is 36.6 Å². The summed E-state index contributed by atoms with van der Waals surface area (Å²) < 4.78 is 0. The second-order valence-corrected chi connectivity index (χ2v) is 8.91. The zero-order valence-corrected chi connectivity index (χ0v) is 16.8. The van der Waals surface area contributed by atoms with Crippen LogP contribution < -0.4 is 5.32 Å². The lowest BCUT2D eigenvalue weighted by Crippen LogP contribution is -2.33. The minimum absolute atomic E-state index is 0.0887. The molecule has 152 valence electrons. The fourth-order valence-electron chi connectivity index (χ4n) is 5.19. The number of carbonyl (C=O) groups is 1. The van der Waals surface area contributed by atoms with E-state index in [1.165, 1.54) is 18.4 Å². The summed E-state index contributed by atoms with van der Waals surface area (Å²) in [5, 5.41) is 24.1. The summed E-state index contributed by atoms with van der Waals surface area (Å²) in [7, 11) is 3.53. The van der Waals surface area contributed by atoms with Crippen molar-refractivity contribution in [3.8, 4) is 0 Å². The summed E-state index contributed by atoms with van der Waals surface area (Å²) in [6.45, 7) is 1.09. The van der Waals surface area contributed by atoms with E-state index >= 15 is 0 Å². The molecule has 0 aromatic rings. The number of rotatable bonds is 7. The van der Waals surface area contributed by atoms with Crippen LogP contribution in [0.5, 0.6) is 0 Å². The van der Waals surface area contributed by atoms with Crippen LogP contribution in [0.1, 0.15) is 44.9 Å². The van der Waals surface area contributed by atoms with Crippen molar-refractivity contribution in [2.24, 2.45) is 23.7 Å². The number of allylic oxidation sites excluding steroid dienone is 1. The predicted octanol–water partition coefficient (Wildman–Crippen LogP) is 2.10. The highest BCUT2D eigenvalue weighted by Gasteiger charge is 2.45. The van der Waals surface area contributed by atoms with Gasteiger partial charge >= 0.3 is 0 Å². The normalized spacial score (nSPS) is 33.9. The summed E-state index contributed by atoms with van der Waals surface area (Å²) in [6, 6.07) is 0. The quantitative estimate of drug-likeness (QED) is 0.470. The van der Waals surface area contributed by atoms with E-state index in [1.54, 1.807) is 19.0 Å². The van der Waals surface area contributed by atoms with Gasteiger partial charge in [0.2, 0.25) is 5.91 Å². The maximum absolute atomic E-state index is 11.6. The van der Waals surface area contributed by atoms with Gasteiger partial charge in [-0.15, -0.1) is 0 Å². The van der Waals surface area contributed by atoms with Crippen molar-refractivity contribution in [3.63, 3.8) is 0 Å². The number of amides is 1. The smallest absolute Gasteiger partial charge is 0.236 e. The van der Waals surface area contributed by atoms with Gasteiger partial charge in [0.15, 0.2) is 0 Å². The van der Waals surface area contributed by atoms with E-state index < -0.39 is 0 Å². The molecule has 0 spiro atoms. The third kappa shape index (κ3) is 5.21. The molecule has 1 amide bonds. The van der Waals surface area contributed by atoms with E-state index in [0.717, 1.165) is 38.6 Å². The first-order valence-corrected chi connectivity index (χ1v) is 10.6. The minimum atomic E-state index is -0.353. The second-order valence-electron chi connectivity index (χ2n) is 8.91. The molecule has 3 aliphatic rings. The van der Waals surface area contributed by atoms with Crippen LogP contribution in [-0.2, 0) is 4.79 Å². The molecule has 5 heteroatoms. The van der Waals surface area contributed by atoms with Crippen molar-refractivity contribution < 1.29 is 15.0 Å². The molecule has 3 rings (SSSR count). The van der Waals surface area contributed by atoms with Gasteiger partial charge in [-0.3, -0.25) is 4.79 Å². The van der Waals surface area contributed by atoms with Crippen molar-refractivity contribution in [3.05, 3.63) is 23.8 Å². The first-order valence-electron chi connectivity index (χ1n) is 10.6. The van der Waals surface area contributed by atoms with Gasteiger partial charge in [0, 0.05) is 26.6 Å². The molecule has 3 saturated carbocycles.